The molecule has 2 aromatic rings. The number of anilines is 2. The zero-order valence-corrected chi connectivity index (χ0v) is 12.8. The Hall–Kier alpha value is -2.00. The fourth-order valence-corrected chi connectivity index (χ4v) is 2.19. The Bertz CT molecular complexity index is 596. The first-order valence-electron chi connectivity index (χ1n) is 7.10. The molecule has 0 unspecified atom stereocenters. The van der Waals surface area contributed by atoms with Crippen molar-refractivity contribution < 1.29 is 4.79 Å². The monoisotopic (exact) mass is 302 g/mol. The minimum Gasteiger partial charge on any atom is -0.308 e. The molecule has 110 valence electrons. The summed E-state index contributed by atoms with van der Waals surface area (Å²) in [4.78, 5) is 11.9. The number of hydrogen-bond donors (Lipinski definition) is 2. The van der Waals surface area contributed by atoms with Crippen LogP contribution in [-0.2, 0) is 6.42 Å². The third-order valence-electron chi connectivity index (χ3n) is 3.11. The van der Waals surface area contributed by atoms with Crippen LogP contribution in [0.25, 0.3) is 0 Å². The van der Waals surface area contributed by atoms with Gasteiger partial charge in [0.15, 0.2) is 0 Å². The van der Waals surface area contributed by atoms with E-state index in [1.807, 2.05) is 24.3 Å². The van der Waals surface area contributed by atoms with E-state index in [4.69, 9.17) is 11.6 Å². The number of amides is 2. The van der Waals surface area contributed by atoms with E-state index in [0.29, 0.717) is 10.7 Å². The van der Waals surface area contributed by atoms with E-state index in [0.717, 1.165) is 12.1 Å². The third kappa shape index (κ3) is 5.12. The van der Waals surface area contributed by atoms with Crippen LogP contribution in [0.3, 0.4) is 0 Å². The molecule has 21 heavy (non-hydrogen) atoms. The number of aryl methyl sites for hydroxylation is 1. The number of carbonyl (C=O) groups is 1. The van der Waals surface area contributed by atoms with Crippen molar-refractivity contribution in [3.63, 3.8) is 0 Å². The highest BCUT2D eigenvalue weighted by molar-refractivity contribution is 6.30. The predicted molar refractivity (Wildman–Crippen MR) is 89.1 cm³/mol. The van der Waals surface area contributed by atoms with Crippen LogP contribution >= 0.6 is 11.6 Å². The lowest BCUT2D eigenvalue weighted by atomic mass is 10.1. The molecule has 0 saturated heterocycles. The number of benzene rings is 2. The Balaban J connectivity index is 1.90. The number of rotatable bonds is 5. The van der Waals surface area contributed by atoms with Crippen LogP contribution in [0.2, 0.25) is 5.02 Å². The number of hydrogen-bond acceptors (Lipinski definition) is 1. The normalized spacial score (nSPS) is 10.2. The Labute approximate surface area is 130 Å². The van der Waals surface area contributed by atoms with Gasteiger partial charge in [-0.3, -0.25) is 0 Å². The molecule has 0 fully saturated rings. The lowest BCUT2D eigenvalue weighted by molar-refractivity contribution is 0.262. The van der Waals surface area contributed by atoms with Gasteiger partial charge in [-0.25, -0.2) is 4.79 Å². The van der Waals surface area contributed by atoms with Crippen LogP contribution in [0.15, 0.2) is 48.5 Å². The van der Waals surface area contributed by atoms with E-state index < -0.39 is 0 Å². The molecule has 4 heteroatoms. The second-order valence-corrected chi connectivity index (χ2v) is 5.33. The molecule has 0 heterocycles. The van der Waals surface area contributed by atoms with Crippen LogP contribution in [0.4, 0.5) is 16.2 Å². The molecular weight excluding hydrogens is 284 g/mol. The highest BCUT2D eigenvalue weighted by atomic mass is 35.5. The van der Waals surface area contributed by atoms with Gasteiger partial charge in [-0.15, -0.1) is 0 Å². The van der Waals surface area contributed by atoms with Crippen LogP contribution in [-0.4, -0.2) is 6.03 Å². The summed E-state index contributed by atoms with van der Waals surface area (Å²) in [5.74, 6) is 0. The van der Waals surface area contributed by atoms with Crippen LogP contribution in [0, 0.1) is 0 Å². The minimum absolute atomic E-state index is 0.279. The summed E-state index contributed by atoms with van der Waals surface area (Å²) in [6.07, 6.45) is 3.44. The topological polar surface area (TPSA) is 41.1 Å². The van der Waals surface area contributed by atoms with Gasteiger partial charge in [-0.05, 0) is 48.7 Å². The Morgan fingerprint density at radius 1 is 1.05 bits per heavy atom. The van der Waals surface area contributed by atoms with Gasteiger partial charge in [-0.2, -0.15) is 0 Å². The predicted octanol–water partition coefficient (Wildman–Crippen LogP) is 5.33. The van der Waals surface area contributed by atoms with Crippen molar-refractivity contribution in [1.82, 2.24) is 0 Å². The number of carbonyl (C=O) groups excluding carboxylic acids is 1. The molecule has 3 nitrogen and oxygen atoms in total. The fraction of sp³-hybridized carbons (Fsp3) is 0.235. The van der Waals surface area contributed by atoms with Gasteiger partial charge >= 0.3 is 6.03 Å². The smallest absolute Gasteiger partial charge is 0.308 e. The average molecular weight is 303 g/mol. The number of urea groups is 1. The summed E-state index contributed by atoms with van der Waals surface area (Å²) in [7, 11) is 0. The lowest BCUT2D eigenvalue weighted by Crippen LogP contribution is -2.19. The van der Waals surface area contributed by atoms with Gasteiger partial charge in [-0.1, -0.05) is 43.1 Å². The van der Waals surface area contributed by atoms with Crippen LogP contribution < -0.4 is 10.6 Å². The van der Waals surface area contributed by atoms with Crippen molar-refractivity contribution in [3.8, 4) is 0 Å². The Morgan fingerprint density at radius 2 is 1.76 bits per heavy atom. The van der Waals surface area contributed by atoms with E-state index in [-0.39, 0.29) is 6.03 Å². The molecule has 0 aliphatic rings. The van der Waals surface area contributed by atoms with Gasteiger partial charge in [0.1, 0.15) is 0 Å². The van der Waals surface area contributed by atoms with E-state index >= 15 is 0 Å². The summed E-state index contributed by atoms with van der Waals surface area (Å²) in [6, 6.07) is 14.7. The molecule has 0 aliphatic heterocycles. The summed E-state index contributed by atoms with van der Waals surface area (Å²) in [5.41, 5.74) is 2.73. The first-order valence-corrected chi connectivity index (χ1v) is 7.47. The minimum atomic E-state index is -0.279. The summed E-state index contributed by atoms with van der Waals surface area (Å²) in [5, 5.41) is 6.14. The van der Waals surface area contributed by atoms with Gasteiger partial charge in [0.05, 0.1) is 0 Å². The third-order valence-corrected chi connectivity index (χ3v) is 3.35. The van der Waals surface area contributed by atoms with Gasteiger partial charge < -0.3 is 10.6 Å². The van der Waals surface area contributed by atoms with Gasteiger partial charge in [0.25, 0.3) is 0 Å². The van der Waals surface area contributed by atoms with Crippen molar-refractivity contribution in [3.05, 3.63) is 59.1 Å². The highest BCUT2D eigenvalue weighted by Gasteiger charge is 2.03. The summed E-state index contributed by atoms with van der Waals surface area (Å²) < 4.78 is 0. The standard InChI is InChI=1S/C17H19ClN2O/c1-2-3-5-13-8-10-15(11-9-13)19-17(21)20-16-7-4-6-14(18)12-16/h4,6-12H,2-3,5H2,1H3,(H2,19,20,21). The van der Waals surface area contributed by atoms with Crippen molar-refractivity contribution in [2.75, 3.05) is 10.6 Å². The maximum atomic E-state index is 11.9. The number of unbranched alkanes of at least 4 members (excludes halogenated alkanes) is 1. The molecular formula is C17H19ClN2O. The molecule has 0 bridgehead atoms. The largest absolute Gasteiger partial charge is 0.323 e. The molecule has 2 amide bonds. The van der Waals surface area contributed by atoms with E-state index in [9.17, 15) is 4.79 Å². The molecule has 2 rings (SSSR count). The number of halogens is 1. The van der Waals surface area contributed by atoms with E-state index in [1.54, 1.807) is 24.3 Å². The van der Waals surface area contributed by atoms with E-state index in [2.05, 4.69) is 17.6 Å². The van der Waals surface area contributed by atoms with Crippen LogP contribution in [0.1, 0.15) is 25.3 Å². The van der Waals surface area contributed by atoms with Gasteiger partial charge in [0, 0.05) is 16.4 Å². The Morgan fingerprint density at radius 3 is 2.43 bits per heavy atom. The molecule has 0 atom stereocenters. The maximum absolute atomic E-state index is 11.9. The Kier molecular flexibility index (Phi) is 5.64. The first-order chi connectivity index (χ1) is 10.2. The zero-order chi connectivity index (χ0) is 15.1. The number of nitrogens with one attached hydrogen (secondary N) is 2. The second-order valence-electron chi connectivity index (χ2n) is 4.89. The molecule has 2 aromatic carbocycles. The average Bonchev–Trinajstić information content (AvgIpc) is 2.46. The lowest BCUT2D eigenvalue weighted by Gasteiger charge is -2.08. The fourth-order valence-electron chi connectivity index (χ4n) is 2.00. The molecule has 2 N–H and O–H groups in total. The first kappa shape index (κ1) is 15.4. The van der Waals surface area contributed by atoms with Crippen molar-refractivity contribution in [2.45, 2.75) is 26.2 Å². The molecule has 0 aliphatic carbocycles. The second kappa shape index (κ2) is 7.70. The molecule has 0 saturated carbocycles. The molecule has 0 spiro atoms. The highest BCUT2D eigenvalue weighted by Crippen LogP contribution is 2.16. The van der Waals surface area contributed by atoms with Crippen molar-refractivity contribution in [2.24, 2.45) is 0 Å². The SMILES string of the molecule is CCCCc1ccc(NC(=O)Nc2cccc(Cl)c2)cc1. The van der Waals surface area contributed by atoms with Crippen molar-refractivity contribution in [1.29, 1.82) is 0 Å². The van der Waals surface area contributed by atoms with Crippen LogP contribution in [0.5, 0.6) is 0 Å². The molecule has 0 aromatic heterocycles. The van der Waals surface area contributed by atoms with Crippen molar-refractivity contribution >= 4 is 29.0 Å². The zero-order valence-electron chi connectivity index (χ0n) is 12.0. The molecule has 0 radical (unpaired) electrons. The summed E-state index contributed by atoms with van der Waals surface area (Å²) >= 11 is 5.88. The quantitative estimate of drug-likeness (QED) is 0.770. The van der Waals surface area contributed by atoms with Gasteiger partial charge in [0.2, 0.25) is 0 Å². The summed E-state index contributed by atoms with van der Waals surface area (Å²) in [6.45, 7) is 2.18. The maximum Gasteiger partial charge on any atom is 0.323 e. The van der Waals surface area contributed by atoms with E-state index in [1.165, 1.54) is 18.4 Å².